The minimum absolute atomic E-state index is 0.00105. The van der Waals surface area contributed by atoms with Crippen molar-refractivity contribution >= 4 is 90.4 Å². The van der Waals surface area contributed by atoms with Gasteiger partial charge in [-0.1, -0.05) is 77.4 Å². The highest BCUT2D eigenvalue weighted by atomic mass is 32.1. The molecule has 0 bridgehead atoms. The molecule has 0 fully saturated rings. The highest BCUT2D eigenvalue weighted by Gasteiger charge is 2.51. The Hall–Kier alpha value is -11.7. The van der Waals surface area contributed by atoms with Gasteiger partial charge in [0.05, 0.1) is 77.3 Å². The molecular formula is C72H37N9O4S4. The van der Waals surface area contributed by atoms with Crippen molar-refractivity contribution in [2.75, 3.05) is 14.2 Å². The van der Waals surface area contributed by atoms with E-state index in [1.807, 2.05) is 67.6 Å². The van der Waals surface area contributed by atoms with Gasteiger partial charge in [-0.2, -0.15) is 42.1 Å². The number of nitrogens with zero attached hydrogens (tertiary/aromatic N) is 9. The maximum Gasteiger partial charge on any atom is 0.194 e. The molecule has 13 rings (SSSR count). The molecule has 5 heterocycles. The molecule has 0 radical (unpaired) electrons. The Morgan fingerprint density at radius 1 is 0.483 bits per heavy atom. The quantitative estimate of drug-likeness (QED) is 0.0967. The molecular weight excluding hydrogens is 1180 g/mol. The van der Waals surface area contributed by atoms with Crippen molar-refractivity contribution in [2.24, 2.45) is 0 Å². The van der Waals surface area contributed by atoms with Gasteiger partial charge in [0, 0.05) is 59.3 Å². The van der Waals surface area contributed by atoms with Gasteiger partial charge >= 0.3 is 0 Å². The summed E-state index contributed by atoms with van der Waals surface area (Å²) in [7, 11) is 3.16. The van der Waals surface area contributed by atoms with Gasteiger partial charge in [0.15, 0.2) is 11.6 Å². The van der Waals surface area contributed by atoms with E-state index in [1.54, 1.807) is 49.0 Å². The molecule has 5 aromatic carbocycles. The Morgan fingerprint density at radius 2 is 0.910 bits per heavy atom. The number of ketones is 2. The number of fused-ring (bicyclic) bond motifs is 7. The largest absolute Gasteiger partial charge is 0.495 e. The lowest BCUT2D eigenvalue weighted by atomic mass is 9.68. The van der Waals surface area contributed by atoms with Gasteiger partial charge in [0.2, 0.25) is 0 Å². The number of rotatable bonds is 9. The summed E-state index contributed by atoms with van der Waals surface area (Å²) in [6, 6.07) is 54.9. The third-order valence-corrected chi connectivity index (χ3v) is 21.1. The van der Waals surface area contributed by atoms with Crippen LogP contribution in [0.2, 0.25) is 0 Å². The van der Waals surface area contributed by atoms with E-state index in [0.717, 1.165) is 84.9 Å². The average Bonchev–Trinajstić information content (AvgIpc) is 1.51. The van der Waals surface area contributed by atoms with Crippen molar-refractivity contribution in [1.82, 2.24) is 4.57 Å². The first-order chi connectivity index (χ1) is 43.2. The maximum absolute atomic E-state index is 14.4. The van der Waals surface area contributed by atoms with Crippen molar-refractivity contribution < 1.29 is 19.1 Å². The lowest BCUT2D eigenvalue weighted by Crippen LogP contribution is -2.28. The average molecular weight is 1220 g/mol. The van der Waals surface area contributed by atoms with Gasteiger partial charge < -0.3 is 14.0 Å². The zero-order valence-corrected chi connectivity index (χ0v) is 50.8. The molecule has 0 N–H and O–H groups in total. The molecule has 17 heteroatoms. The third kappa shape index (κ3) is 8.51. The van der Waals surface area contributed by atoms with Crippen LogP contribution in [0.5, 0.6) is 11.5 Å². The first-order valence-electron chi connectivity index (χ1n) is 27.2. The fourth-order valence-electron chi connectivity index (χ4n) is 12.3. The predicted octanol–water partition coefficient (Wildman–Crippen LogP) is 16.2. The van der Waals surface area contributed by atoms with E-state index in [2.05, 4.69) is 103 Å². The van der Waals surface area contributed by atoms with Crippen LogP contribution in [-0.4, -0.2) is 30.4 Å². The number of aryl methyl sites for hydroxylation is 3. The van der Waals surface area contributed by atoms with E-state index in [-0.39, 0.29) is 77.9 Å². The Labute approximate surface area is 525 Å². The molecule has 3 aliphatic carbocycles. The zero-order chi connectivity index (χ0) is 62.3. The van der Waals surface area contributed by atoms with Crippen molar-refractivity contribution in [3.05, 3.63) is 237 Å². The van der Waals surface area contributed by atoms with Gasteiger partial charge in [-0.25, -0.2) is 0 Å². The summed E-state index contributed by atoms with van der Waals surface area (Å²) in [6.07, 6.45) is 3.27. The SMILES string of the molecule is COc1cc(/C=C2\C(=O)c3cc(C#N)c(C#N)cc3C2=C(C#N)C#N)sc1-c1cc2c(s1)-c1sc3cc(-c4sc(/C=C5\C(=O)c6cc(C#N)c(C#N)cc6C5=C(C#N)C#N)cc4OC)n(-c4ccc(C)cc4)c3c1C2(c1ccc(C)cc1)c1ccc(C)cc1. The van der Waals surface area contributed by atoms with Crippen LogP contribution in [0, 0.1) is 111 Å². The Kier molecular flexibility index (Phi) is 13.7. The molecule has 0 unspecified atom stereocenters. The number of benzene rings is 5. The number of Topliss-reactive ketones (excluding diaryl/α,β-unsaturated/α-hetero) is 2. The number of thiophene rings is 4. The second-order valence-corrected chi connectivity index (χ2v) is 25.5. The molecule has 0 atom stereocenters. The van der Waals surface area contributed by atoms with Gasteiger partial charge in [0.25, 0.3) is 0 Å². The normalized spacial score (nSPS) is 13.9. The Balaban J connectivity index is 1.04. The molecule has 0 spiro atoms. The number of allylic oxidation sites excluding steroid dienone is 6. The number of methoxy groups -OCH3 is 2. The van der Waals surface area contributed by atoms with E-state index in [0.29, 0.717) is 21.3 Å². The van der Waals surface area contributed by atoms with Crippen molar-refractivity contribution in [2.45, 2.75) is 26.2 Å². The molecule has 5 aromatic heterocycles. The van der Waals surface area contributed by atoms with E-state index in [4.69, 9.17) is 9.47 Å². The molecule has 0 saturated heterocycles. The van der Waals surface area contributed by atoms with Crippen LogP contribution in [0.1, 0.15) is 103 Å². The summed E-state index contributed by atoms with van der Waals surface area (Å²) in [5.41, 5.74) is 9.42. The van der Waals surface area contributed by atoms with E-state index < -0.39 is 17.0 Å². The highest BCUT2D eigenvalue weighted by molar-refractivity contribution is 7.29. The Morgan fingerprint density at radius 3 is 1.35 bits per heavy atom. The molecule has 0 amide bonds. The van der Waals surface area contributed by atoms with Crippen LogP contribution in [0.25, 0.3) is 69.3 Å². The lowest BCUT2D eigenvalue weighted by molar-refractivity contribution is 0.103. The number of hydrogen-bond donors (Lipinski definition) is 0. The monoisotopic (exact) mass is 1220 g/mol. The number of nitriles is 8. The van der Waals surface area contributed by atoms with Gasteiger partial charge in [-0.05, 0) is 121 Å². The predicted molar refractivity (Wildman–Crippen MR) is 343 cm³/mol. The summed E-state index contributed by atoms with van der Waals surface area (Å²) < 4.78 is 15.6. The third-order valence-electron chi connectivity index (χ3n) is 16.3. The van der Waals surface area contributed by atoms with E-state index >= 15 is 0 Å². The summed E-state index contributed by atoms with van der Waals surface area (Å²) >= 11 is 6.05. The minimum atomic E-state index is -0.949. The summed E-state index contributed by atoms with van der Waals surface area (Å²) in [6.45, 7) is 6.16. The first kappa shape index (κ1) is 56.4. The smallest absolute Gasteiger partial charge is 0.194 e. The molecule has 3 aliphatic rings. The number of ether oxygens (including phenoxy) is 2. The molecule has 0 aliphatic heterocycles. The molecule has 13 nitrogen and oxygen atoms in total. The fourth-order valence-corrected chi connectivity index (χ4v) is 17.2. The van der Waals surface area contributed by atoms with Gasteiger partial charge in [0.1, 0.15) is 71.2 Å². The zero-order valence-electron chi connectivity index (χ0n) is 47.5. The summed E-state index contributed by atoms with van der Waals surface area (Å²) in [5, 5.41) is 80.5. The van der Waals surface area contributed by atoms with Crippen LogP contribution in [-0.2, 0) is 5.41 Å². The molecule has 0 saturated carbocycles. The number of carbonyl (C=O) groups excluding carboxylic acids is 2. The van der Waals surface area contributed by atoms with E-state index in [1.165, 1.54) is 46.9 Å². The minimum Gasteiger partial charge on any atom is -0.495 e. The number of aromatic nitrogens is 1. The summed E-state index contributed by atoms with van der Waals surface area (Å²) in [5.74, 6) is 0.0407. The van der Waals surface area contributed by atoms with Gasteiger partial charge in [-0.15, -0.1) is 45.3 Å². The second kappa shape index (κ2) is 21.6. The fraction of sp³-hybridized carbons (Fsp3) is 0.0833. The highest BCUT2D eigenvalue weighted by Crippen LogP contribution is 2.66. The van der Waals surface area contributed by atoms with Crippen molar-refractivity contribution in [1.29, 1.82) is 42.1 Å². The topological polar surface area (TPSA) is 248 Å². The van der Waals surface area contributed by atoms with Crippen LogP contribution >= 0.6 is 45.3 Å². The maximum atomic E-state index is 14.4. The number of carbonyl (C=O) groups is 2. The van der Waals surface area contributed by atoms with Crippen LogP contribution < -0.4 is 9.47 Å². The van der Waals surface area contributed by atoms with Crippen molar-refractivity contribution in [3.8, 4) is 95.8 Å². The van der Waals surface area contributed by atoms with Crippen molar-refractivity contribution in [3.63, 3.8) is 0 Å². The van der Waals surface area contributed by atoms with Gasteiger partial charge in [-0.3, -0.25) is 9.59 Å². The summed E-state index contributed by atoms with van der Waals surface area (Å²) in [4.78, 5) is 34.5. The van der Waals surface area contributed by atoms with Crippen LogP contribution in [0.3, 0.4) is 0 Å². The second-order valence-electron chi connectivity index (χ2n) is 21.2. The van der Waals surface area contributed by atoms with Crippen LogP contribution in [0.15, 0.2) is 144 Å². The molecule has 89 heavy (non-hydrogen) atoms. The molecule has 418 valence electrons. The van der Waals surface area contributed by atoms with E-state index in [9.17, 15) is 51.7 Å². The Bertz CT molecular complexity index is 5310. The lowest BCUT2D eigenvalue weighted by Gasteiger charge is -2.33. The van der Waals surface area contributed by atoms with Crippen LogP contribution in [0.4, 0.5) is 0 Å². The standard InChI is InChI=1S/C72H37N9O4S4/c1-36-6-12-45(13-7-36)72(46-14-8-37(2)9-15-46)56-26-61(70-59(85-5)25-49(87-70)23-55-63(44(34-79)35-80)51-19-40(29-74)42(31-76)21-53(51)67(55)83)89-68(56)71-64(72)65-60(88-71)27-57(81(65)47-16-10-38(3)11-17-47)69-58(84-4)24-48(86-69)22-54-62(43(32-77)33-78)50-18-39(28-73)41(30-75)20-52(50)66(54)82/h6-27H,1-5H3/b54-22-,55-23-. The first-order valence-corrected chi connectivity index (χ1v) is 30.5. The number of hydrogen-bond acceptors (Lipinski definition) is 16. The molecule has 10 aromatic rings.